The molecule has 1 fully saturated rings. The van der Waals surface area contributed by atoms with Crippen molar-refractivity contribution in [2.75, 3.05) is 26.3 Å². The van der Waals surface area contributed by atoms with Crippen LogP contribution < -0.4 is 11.1 Å². The Bertz CT molecular complexity index is 268. The lowest BCUT2D eigenvalue weighted by Crippen LogP contribution is -2.58. The van der Waals surface area contributed by atoms with Gasteiger partial charge >= 0.3 is 0 Å². The topological polar surface area (TPSA) is 84.7 Å². The minimum Gasteiger partial charge on any atom is -0.377 e. The highest BCUT2D eigenvalue weighted by Gasteiger charge is 2.33. The summed E-state index contributed by atoms with van der Waals surface area (Å²) in [5.41, 5.74) is 5.54. The number of rotatable bonds is 3. The van der Waals surface area contributed by atoms with Crippen molar-refractivity contribution in [2.24, 2.45) is 5.73 Å². The Kier molecular flexibility index (Phi) is 4.70. The first kappa shape index (κ1) is 12.9. The Hall–Kier alpha value is -1.14. The number of hydrogen-bond donors (Lipinski definition) is 2. The Labute approximate surface area is 95.1 Å². The highest BCUT2D eigenvalue weighted by Crippen LogP contribution is 2.08. The number of ether oxygens (including phenoxy) is 1. The van der Waals surface area contributed by atoms with Gasteiger partial charge in [0.05, 0.1) is 19.3 Å². The molecule has 6 nitrogen and oxygen atoms in total. The van der Waals surface area contributed by atoms with Crippen molar-refractivity contribution in [3.63, 3.8) is 0 Å². The molecular formula is C10H19N3O3. The highest BCUT2D eigenvalue weighted by molar-refractivity contribution is 5.89. The lowest BCUT2D eigenvalue weighted by atomic mass is 10.1. The van der Waals surface area contributed by atoms with Crippen LogP contribution in [0, 0.1) is 0 Å². The Balaban J connectivity index is 2.71. The fraction of sp³-hybridized carbons (Fsp3) is 0.800. The van der Waals surface area contributed by atoms with Crippen LogP contribution in [0.25, 0.3) is 0 Å². The molecule has 0 aromatic carbocycles. The molecule has 1 rings (SSSR count). The predicted octanol–water partition coefficient (Wildman–Crippen LogP) is -1.30. The third-order valence-electron chi connectivity index (χ3n) is 2.45. The van der Waals surface area contributed by atoms with E-state index in [1.807, 2.05) is 6.92 Å². The molecule has 16 heavy (non-hydrogen) atoms. The second-order valence-corrected chi connectivity index (χ2v) is 3.81. The fourth-order valence-corrected chi connectivity index (χ4v) is 1.64. The van der Waals surface area contributed by atoms with Crippen molar-refractivity contribution in [1.82, 2.24) is 10.2 Å². The minimum absolute atomic E-state index is 0.184. The zero-order valence-corrected chi connectivity index (χ0v) is 9.73. The number of hydrogen-bond acceptors (Lipinski definition) is 4. The molecule has 1 aliphatic heterocycles. The molecule has 6 heteroatoms. The first-order valence-electron chi connectivity index (χ1n) is 5.49. The standard InChI is InChI=1S/C10H19N3O3/c1-3-12-9(14)8-6-16-5-4-13(8)10(15)7(2)11/h7-8H,3-6,11H2,1-2H3,(H,12,14). The largest absolute Gasteiger partial charge is 0.377 e. The molecule has 2 atom stereocenters. The Morgan fingerprint density at radius 3 is 2.88 bits per heavy atom. The number of nitrogens with one attached hydrogen (secondary N) is 1. The molecular weight excluding hydrogens is 210 g/mol. The van der Waals surface area contributed by atoms with E-state index < -0.39 is 12.1 Å². The van der Waals surface area contributed by atoms with Crippen molar-refractivity contribution in [2.45, 2.75) is 25.9 Å². The average molecular weight is 229 g/mol. The van der Waals surface area contributed by atoms with Crippen LogP contribution in [0.3, 0.4) is 0 Å². The van der Waals surface area contributed by atoms with Crippen LogP contribution in [-0.2, 0) is 14.3 Å². The molecule has 0 saturated carbocycles. The van der Waals surface area contributed by atoms with E-state index in [4.69, 9.17) is 10.5 Å². The van der Waals surface area contributed by atoms with Gasteiger partial charge in [-0.3, -0.25) is 9.59 Å². The monoisotopic (exact) mass is 229 g/mol. The van der Waals surface area contributed by atoms with Crippen LogP contribution in [0.2, 0.25) is 0 Å². The summed E-state index contributed by atoms with van der Waals surface area (Å²) in [5.74, 6) is -0.393. The second kappa shape index (κ2) is 5.81. The molecule has 1 saturated heterocycles. The van der Waals surface area contributed by atoms with Gasteiger partial charge in [-0.1, -0.05) is 0 Å². The quantitative estimate of drug-likeness (QED) is 0.630. The van der Waals surface area contributed by atoms with Crippen LogP contribution in [0.1, 0.15) is 13.8 Å². The van der Waals surface area contributed by atoms with Gasteiger partial charge in [0.15, 0.2) is 0 Å². The summed E-state index contributed by atoms with van der Waals surface area (Å²) in [7, 11) is 0. The molecule has 0 spiro atoms. The van der Waals surface area contributed by atoms with Crippen LogP contribution in [0.5, 0.6) is 0 Å². The predicted molar refractivity (Wildman–Crippen MR) is 58.7 cm³/mol. The normalized spacial score (nSPS) is 22.7. The number of carbonyl (C=O) groups excluding carboxylic acids is 2. The molecule has 0 radical (unpaired) electrons. The molecule has 1 aliphatic rings. The molecule has 0 aliphatic carbocycles. The maximum Gasteiger partial charge on any atom is 0.245 e. The molecule has 2 amide bonds. The third kappa shape index (κ3) is 2.93. The lowest BCUT2D eigenvalue weighted by Gasteiger charge is -2.35. The molecule has 92 valence electrons. The van der Waals surface area contributed by atoms with Gasteiger partial charge in [-0.15, -0.1) is 0 Å². The molecule has 3 N–H and O–H groups in total. The van der Waals surface area contributed by atoms with Gasteiger partial charge in [-0.25, -0.2) is 0 Å². The SMILES string of the molecule is CCNC(=O)C1COCCN1C(=O)C(C)N. The number of nitrogens with zero attached hydrogens (tertiary/aromatic N) is 1. The number of morpholine rings is 1. The lowest BCUT2D eigenvalue weighted by molar-refractivity contribution is -0.149. The fourth-order valence-electron chi connectivity index (χ4n) is 1.64. The summed E-state index contributed by atoms with van der Waals surface area (Å²) < 4.78 is 5.21. The van der Waals surface area contributed by atoms with E-state index >= 15 is 0 Å². The summed E-state index contributed by atoms with van der Waals surface area (Å²) >= 11 is 0. The summed E-state index contributed by atoms with van der Waals surface area (Å²) in [6.07, 6.45) is 0. The van der Waals surface area contributed by atoms with Gasteiger partial charge in [0.2, 0.25) is 11.8 Å². The number of amides is 2. The third-order valence-corrected chi connectivity index (χ3v) is 2.45. The van der Waals surface area contributed by atoms with Crippen molar-refractivity contribution >= 4 is 11.8 Å². The van der Waals surface area contributed by atoms with Crippen molar-refractivity contribution in [1.29, 1.82) is 0 Å². The van der Waals surface area contributed by atoms with Crippen LogP contribution >= 0.6 is 0 Å². The average Bonchev–Trinajstić information content (AvgIpc) is 2.28. The molecule has 1 heterocycles. The highest BCUT2D eigenvalue weighted by atomic mass is 16.5. The Morgan fingerprint density at radius 1 is 1.62 bits per heavy atom. The molecule has 2 unspecified atom stereocenters. The first-order valence-corrected chi connectivity index (χ1v) is 5.49. The van der Waals surface area contributed by atoms with Gasteiger partial charge in [-0.2, -0.15) is 0 Å². The van der Waals surface area contributed by atoms with Gasteiger partial charge in [0.25, 0.3) is 0 Å². The zero-order chi connectivity index (χ0) is 12.1. The van der Waals surface area contributed by atoms with Gasteiger partial charge in [0.1, 0.15) is 6.04 Å². The second-order valence-electron chi connectivity index (χ2n) is 3.81. The van der Waals surface area contributed by atoms with Crippen molar-refractivity contribution in [3.8, 4) is 0 Å². The summed E-state index contributed by atoms with van der Waals surface area (Å²) in [6, 6.07) is -1.14. The summed E-state index contributed by atoms with van der Waals surface area (Å²) in [5, 5.41) is 2.69. The van der Waals surface area contributed by atoms with Crippen LogP contribution in [0.15, 0.2) is 0 Å². The van der Waals surface area contributed by atoms with E-state index in [1.165, 1.54) is 4.90 Å². The molecule has 0 aromatic heterocycles. The van der Waals surface area contributed by atoms with Crippen LogP contribution in [0.4, 0.5) is 0 Å². The number of carbonyl (C=O) groups is 2. The van der Waals surface area contributed by atoms with Gasteiger partial charge < -0.3 is 20.7 Å². The van der Waals surface area contributed by atoms with Gasteiger partial charge in [-0.05, 0) is 13.8 Å². The summed E-state index contributed by atoms with van der Waals surface area (Å²) in [4.78, 5) is 25.0. The van der Waals surface area contributed by atoms with E-state index in [9.17, 15) is 9.59 Å². The maximum absolute atomic E-state index is 11.8. The van der Waals surface area contributed by atoms with Crippen LogP contribution in [-0.4, -0.2) is 55.1 Å². The van der Waals surface area contributed by atoms with E-state index in [0.717, 1.165) is 0 Å². The van der Waals surface area contributed by atoms with E-state index in [2.05, 4.69) is 5.32 Å². The minimum atomic E-state index is -0.588. The van der Waals surface area contributed by atoms with Crippen molar-refractivity contribution in [3.05, 3.63) is 0 Å². The molecule has 0 bridgehead atoms. The number of likely N-dealkylation sites (N-methyl/N-ethyl adjacent to an activating group) is 1. The molecule has 0 aromatic rings. The van der Waals surface area contributed by atoms with E-state index in [0.29, 0.717) is 19.7 Å². The van der Waals surface area contributed by atoms with E-state index in [1.54, 1.807) is 6.92 Å². The van der Waals surface area contributed by atoms with E-state index in [-0.39, 0.29) is 18.4 Å². The smallest absolute Gasteiger partial charge is 0.245 e. The van der Waals surface area contributed by atoms with Crippen molar-refractivity contribution < 1.29 is 14.3 Å². The summed E-state index contributed by atoms with van der Waals surface area (Å²) in [6.45, 7) is 5.10. The zero-order valence-electron chi connectivity index (χ0n) is 9.73. The Morgan fingerprint density at radius 2 is 2.31 bits per heavy atom. The van der Waals surface area contributed by atoms with Gasteiger partial charge in [0, 0.05) is 13.1 Å². The first-order chi connectivity index (χ1) is 7.57. The maximum atomic E-state index is 11.8. The number of nitrogens with two attached hydrogens (primary N) is 1.